The molecule has 158 valence electrons. The molecule has 0 fully saturated rings. The van der Waals surface area contributed by atoms with Crippen molar-refractivity contribution in [2.75, 3.05) is 32.4 Å². The Hall–Kier alpha value is -3.28. The van der Waals surface area contributed by atoms with Crippen molar-refractivity contribution in [3.05, 3.63) is 12.7 Å². The first-order valence-corrected chi connectivity index (χ1v) is 9.26. The molecular formula is C17H28N10O2. The quantitative estimate of drug-likeness (QED) is 0.196. The average molecular weight is 404 g/mol. The Morgan fingerprint density at radius 1 is 1.31 bits per heavy atom. The fraction of sp³-hybridized carbons (Fsp3) is 0.529. The second-order valence-electron chi connectivity index (χ2n) is 6.57. The fourth-order valence-corrected chi connectivity index (χ4v) is 3.01. The van der Waals surface area contributed by atoms with Gasteiger partial charge in [-0.25, -0.2) is 15.0 Å². The van der Waals surface area contributed by atoms with Crippen LogP contribution in [0.25, 0.3) is 11.2 Å². The predicted octanol–water partition coefficient (Wildman–Crippen LogP) is -1.53. The zero-order chi connectivity index (χ0) is 21.4. The highest BCUT2D eigenvalue weighted by Crippen LogP contribution is 2.16. The van der Waals surface area contributed by atoms with Crippen LogP contribution in [0.15, 0.2) is 17.6 Å². The normalized spacial score (nSPS) is 11.9. The summed E-state index contributed by atoms with van der Waals surface area (Å²) in [5.41, 5.74) is 17.4. The van der Waals surface area contributed by atoms with E-state index in [2.05, 4.69) is 25.3 Å². The van der Waals surface area contributed by atoms with Crippen molar-refractivity contribution in [2.45, 2.75) is 32.4 Å². The molecular weight excluding hydrogens is 376 g/mol. The number of amides is 1. The minimum atomic E-state index is -0.570. The van der Waals surface area contributed by atoms with Gasteiger partial charge in [0.2, 0.25) is 5.91 Å². The van der Waals surface area contributed by atoms with Gasteiger partial charge in [0.1, 0.15) is 18.4 Å². The van der Waals surface area contributed by atoms with Gasteiger partial charge >= 0.3 is 0 Å². The van der Waals surface area contributed by atoms with Crippen molar-refractivity contribution in [3.8, 4) is 0 Å². The van der Waals surface area contributed by atoms with E-state index in [4.69, 9.17) is 17.2 Å². The zero-order valence-corrected chi connectivity index (χ0v) is 16.7. The van der Waals surface area contributed by atoms with Crippen LogP contribution in [0, 0.1) is 0 Å². The number of nitrogens with one attached hydrogen (secondary N) is 1. The van der Waals surface area contributed by atoms with Crippen LogP contribution in [0.4, 0.5) is 5.82 Å². The number of rotatable bonds is 11. The second kappa shape index (κ2) is 10.3. The number of Topliss-reactive ketones (excluding diaryl/α,β-unsaturated/α-hetero) is 1. The number of nitrogens with zero attached hydrogens (tertiary/aromatic N) is 6. The summed E-state index contributed by atoms with van der Waals surface area (Å²) < 4.78 is 1.60. The molecule has 1 atom stereocenters. The minimum absolute atomic E-state index is 0.000684. The van der Waals surface area contributed by atoms with Crippen molar-refractivity contribution in [3.63, 3.8) is 0 Å². The van der Waals surface area contributed by atoms with Crippen LogP contribution in [0.1, 0.15) is 19.8 Å². The van der Waals surface area contributed by atoms with Gasteiger partial charge in [-0.05, 0) is 26.8 Å². The monoisotopic (exact) mass is 404 g/mol. The van der Waals surface area contributed by atoms with E-state index in [1.807, 2.05) is 0 Å². The number of hydrogen-bond donors (Lipinski definition) is 4. The van der Waals surface area contributed by atoms with Gasteiger partial charge in [-0.15, -0.1) is 0 Å². The maximum absolute atomic E-state index is 13.1. The molecule has 7 N–H and O–H groups in total. The van der Waals surface area contributed by atoms with E-state index in [1.54, 1.807) is 16.5 Å². The molecule has 12 heteroatoms. The van der Waals surface area contributed by atoms with Gasteiger partial charge in [0, 0.05) is 19.6 Å². The third-order valence-electron chi connectivity index (χ3n) is 4.43. The molecule has 0 aliphatic heterocycles. The van der Waals surface area contributed by atoms with Crippen LogP contribution in [0.5, 0.6) is 0 Å². The van der Waals surface area contributed by atoms with E-state index in [0.717, 1.165) is 0 Å². The zero-order valence-electron chi connectivity index (χ0n) is 16.7. The summed E-state index contributed by atoms with van der Waals surface area (Å²) in [6.45, 7) is 2.77. The number of likely N-dealkylation sites (N-methyl/N-ethyl adjacent to an activating group) is 1. The highest BCUT2D eigenvalue weighted by atomic mass is 16.2. The van der Waals surface area contributed by atoms with Crippen LogP contribution in [-0.4, -0.2) is 74.8 Å². The molecule has 2 heterocycles. The minimum Gasteiger partial charge on any atom is -0.382 e. The molecule has 0 saturated carbocycles. The standard InChI is InChI=1S/C17H28N10O2/c1-11(28)12(4-3-5-22-17(19)20)27(7-6-21-2)13(29)8-26-10-25-14-15(18)23-9-24-16(14)26/h9-10,12,21H,3-8H2,1-2H3,(H2,18,23,24)(H4,19,20,22)/t12-/m1/s1. The number of imidazole rings is 1. The number of nitrogens with two attached hydrogens (primary N) is 3. The maximum Gasteiger partial charge on any atom is 0.243 e. The summed E-state index contributed by atoms with van der Waals surface area (Å²) in [5, 5.41) is 3.01. The number of carbonyl (C=O) groups excluding carboxylic acids is 2. The topological polar surface area (TPSA) is 183 Å². The molecule has 29 heavy (non-hydrogen) atoms. The third-order valence-corrected chi connectivity index (χ3v) is 4.43. The lowest BCUT2D eigenvalue weighted by Gasteiger charge is -2.30. The Morgan fingerprint density at radius 3 is 2.72 bits per heavy atom. The first-order valence-electron chi connectivity index (χ1n) is 9.26. The van der Waals surface area contributed by atoms with Gasteiger partial charge in [-0.1, -0.05) is 0 Å². The van der Waals surface area contributed by atoms with Crippen LogP contribution >= 0.6 is 0 Å². The number of fused-ring (bicyclic) bond motifs is 1. The molecule has 0 aromatic carbocycles. The molecule has 2 aromatic rings. The average Bonchev–Trinajstić information content (AvgIpc) is 3.07. The predicted molar refractivity (Wildman–Crippen MR) is 110 cm³/mol. The molecule has 2 aromatic heterocycles. The number of aromatic nitrogens is 4. The number of hydrogen-bond acceptors (Lipinski definition) is 8. The lowest BCUT2D eigenvalue weighted by Crippen LogP contribution is -2.48. The van der Waals surface area contributed by atoms with Crippen LogP contribution < -0.4 is 22.5 Å². The molecule has 12 nitrogen and oxygen atoms in total. The lowest BCUT2D eigenvalue weighted by atomic mass is 10.1. The molecule has 0 aliphatic rings. The van der Waals surface area contributed by atoms with E-state index >= 15 is 0 Å². The Bertz CT molecular complexity index is 874. The van der Waals surface area contributed by atoms with Gasteiger partial charge in [0.05, 0.1) is 12.4 Å². The van der Waals surface area contributed by atoms with Gasteiger partial charge in [0.15, 0.2) is 23.2 Å². The fourth-order valence-electron chi connectivity index (χ4n) is 3.01. The highest BCUT2D eigenvalue weighted by molar-refractivity contribution is 5.88. The van der Waals surface area contributed by atoms with Gasteiger partial charge in [-0.3, -0.25) is 14.6 Å². The van der Waals surface area contributed by atoms with Crippen LogP contribution in [0.2, 0.25) is 0 Å². The SMILES string of the molecule is CNCCN(C(=O)Cn1cnc2c(N)ncnc21)[C@H](CCCN=C(N)N)C(C)=O. The lowest BCUT2D eigenvalue weighted by molar-refractivity contribution is -0.139. The van der Waals surface area contributed by atoms with E-state index in [9.17, 15) is 9.59 Å². The number of carbonyl (C=O) groups is 2. The Morgan fingerprint density at radius 2 is 2.07 bits per heavy atom. The van der Waals surface area contributed by atoms with Crippen molar-refractivity contribution in [1.29, 1.82) is 0 Å². The van der Waals surface area contributed by atoms with Gasteiger partial charge < -0.3 is 32.0 Å². The summed E-state index contributed by atoms with van der Waals surface area (Å²) in [4.78, 5) is 43.1. The second-order valence-corrected chi connectivity index (χ2v) is 6.57. The van der Waals surface area contributed by atoms with Crippen molar-refractivity contribution in [1.82, 2.24) is 29.7 Å². The summed E-state index contributed by atoms with van der Waals surface area (Å²) in [6.07, 6.45) is 3.84. The number of guanidine groups is 1. The smallest absolute Gasteiger partial charge is 0.243 e. The molecule has 2 rings (SSSR count). The summed E-state index contributed by atoms with van der Waals surface area (Å²) in [7, 11) is 1.78. The molecule has 0 aliphatic carbocycles. The van der Waals surface area contributed by atoms with Gasteiger partial charge in [0.25, 0.3) is 0 Å². The molecule has 0 spiro atoms. The van der Waals surface area contributed by atoms with Crippen molar-refractivity contribution < 1.29 is 9.59 Å². The van der Waals surface area contributed by atoms with E-state index in [0.29, 0.717) is 43.6 Å². The Balaban J connectivity index is 2.19. The first kappa shape index (κ1) is 22.0. The molecule has 0 bridgehead atoms. The largest absolute Gasteiger partial charge is 0.382 e. The molecule has 1 amide bonds. The number of aliphatic imine (C=N–C) groups is 1. The summed E-state index contributed by atoms with van der Waals surface area (Å²) >= 11 is 0. The van der Waals surface area contributed by atoms with Crippen LogP contribution in [-0.2, 0) is 16.1 Å². The number of nitrogen functional groups attached to an aromatic ring is 1. The van der Waals surface area contributed by atoms with Crippen molar-refractivity contribution in [2.24, 2.45) is 16.5 Å². The highest BCUT2D eigenvalue weighted by Gasteiger charge is 2.27. The molecule has 0 saturated heterocycles. The molecule has 0 radical (unpaired) electrons. The third kappa shape index (κ3) is 5.85. The van der Waals surface area contributed by atoms with E-state index in [-0.39, 0.29) is 30.0 Å². The first-order chi connectivity index (χ1) is 13.8. The van der Waals surface area contributed by atoms with Gasteiger partial charge in [-0.2, -0.15) is 0 Å². The summed E-state index contributed by atoms with van der Waals surface area (Å²) in [6, 6.07) is -0.570. The Kier molecular flexibility index (Phi) is 7.83. The van der Waals surface area contributed by atoms with E-state index < -0.39 is 6.04 Å². The Labute approximate surface area is 168 Å². The maximum atomic E-state index is 13.1. The van der Waals surface area contributed by atoms with Crippen LogP contribution in [0.3, 0.4) is 0 Å². The number of ketones is 1. The number of anilines is 1. The summed E-state index contributed by atoms with van der Waals surface area (Å²) in [5.74, 6) is -0.0738. The van der Waals surface area contributed by atoms with Crippen molar-refractivity contribution >= 4 is 34.6 Å². The van der Waals surface area contributed by atoms with E-state index in [1.165, 1.54) is 19.6 Å². The molecule has 0 unspecified atom stereocenters.